The number of aromatic hydroxyl groups is 1. The predicted octanol–water partition coefficient (Wildman–Crippen LogP) is 4.02. The molecule has 1 aromatic heterocycles. The number of fused-ring (bicyclic) bond motifs is 1. The Labute approximate surface area is 207 Å². The van der Waals surface area contributed by atoms with Crippen molar-refractivity contribution in [3.63, 3.8) is 0 Å². The van der Waals surface area contributed by atoms with Crippen LogP contribution >= 0.6 is 0 Å². The third-order valence-electron chi connectivity index (χ3n) is 6.03. The maximum Gasteiger partial charge on any atom is 0.329 e. The van der Waals surface area contributed by atoms with Gasteiger partial charge in [0.25, 0.3) is 5.56 Å². The third kappa shape index (κ3) is 4.74. The molecule has 0 unspecified atom stereocenters. The van der Waals surface area contributed by atoms with Crippen LogP contribution in [0.2, 0.25) is 0 Å². The van der Waals surface area contributed by atoms with Crippen molar-refractivity contribution in [3.8, 4) is 11.6 Å². The number of amides is 2. The first-order valence-corrected chi connectivity index (χ1v) is 11.3. The average Bonchev–Trinajstić information content (AvgIpc) is 2.84. The van der Waals surface area contributed by atoms with E-state index in [9.17, 15) is 19.5 Å². The maximum atomic E-state index is 13.3. The summed E-state index contributed by atoms with van der Waals surface area (Å²) in [6.07, 6.45) is 1.22. The summed E-state index contributed by atoms with van der Waals surface area (Å²) in [6, 6.07) is 17.6. The molecule has 0 saturated carbocycles. The molecule has 4 aromatic rings. The number of pyridine rings is 1. The summed E-state index contributed by atoms with van der Waals surface area (Å²) in [4.78, 5) is 37.9. The number of nitrogens with one attached hydrogen (secondary N) is 2. The maximum absolute atomic E-state index is 13.3. The van der Waals surface area contributed by atoms with Gasteiger partial charge in [-0.25, -0.2) is 9.99 Å². The number of benzene rings is 3. The Kier molecular flexibility index (Phi) is 6.69. The Hall–Kier alpha value is -4.72. The van der Waals surface area contributed by atoms with E-state index >= 15 is 0 Å². The summed E-state index contributed by atoms with van der Waals surface area (Å²) < 4.78 is 1.21. The highest BCUT2D eigenvalue weighted by Gasteiger charge is 2.18. The highest BCUT2D eigenvalue weighted by Crippen LogP contribution is 2.27. The van der Waals surface area contributed by atoms with Crippen molar-refractivity contribution in [3.05, 3.63) is 98.8 Å². The van der Waals surface area contributed by atoms with Crippen molar-refractivity contribution in [1.82, 2.24) is 9.99 Å². The van der Waals surface area contributed by atoms with Gasteiger partial charge in [0, 0.05) is 16.5 Å². The van der Waals surface area contributed by atoms with Crippen LogP contribution in [-0.4, -0.2) is 27.7 Å². The van der Waals surface area contributed by atoms with Crippen LogP contribution in [0.4, 0.5) is 5.69 Å². The number of hydrogen-bond donors (Lipinski definition) is 3. The van der Waals surface area contributed by atoms with Gasteiger partial charge in [-0.05, 0) is 68.7 Å². The van der Waals surface area contributed by atoms with Gasteiger partial charge in [-0.2, -0.15) is 5.10 Å². The highest BCUT2D eigenvalue weighted by molar-refractivity contribution is 6.39. The minimum atomic E-state index is -0.976. The van der Waals surface area contributed by atoms with Crippen molar-refractivity contribution >= 4 is 34.5 Å². The van der Waals surface area contributed by atoms with Crippen LogP contribution in [0.3, 0.4) is 0 Å². The van der Waals surface area contributed by atoms with Crippen molar-refractivity contribution in [2.45, 2.75) is 27.7 Å². The molecular formula is C28H26N4O4. The summed E-state index contributed by atoms with van der Waals surface area (Å²) in [5.74, 6) is -2.19. The largest absolute Gasteiger partial charge is 0.494 e. The van der Waals surface area contributed by atoms with Gasteiger partial charge in [0.1, 0.15) is 0 Å². The van der Waals surface area contributed by atoms with E-state index in [2.05, 4.69) is 15.8 Å². The predicted molar refractivity (Wildman–Crippen MR) is 141 cm³/mol. The second-order valence-electron chi connectivity index (χ2n) is 8.67. The number of aromatic nitrogens is 1. The van der Waals surface area contributed by atoms with Gasteiger partial charge in [0.05, 0.1) is 17.5 Å². The van der Waals surface area contributed by atoms with E-state index < -0.39 is 11.8 Å². The van der Waals surface area contributed by atoms with Crippen LogP contribution in [0.5, 0.6) is 5.88 Å². The first-order valence-electron chi connectivity index (χ1n) is 11.3. The molecule has 182 valence electrons. The number of anilines is 1. The van der Waals surface area contributed by atoms with E-state index in [0.717, 1.165) is 22.3 Å². The van der Waals surface area contributed by atoms with Gasteiger partial charge < -0.3 is 10.4 Å². The lowest BCUT2D eigenvalue weighted by molar-refractivity contribution is -0.136. The van der Waals surface area contributed by atoms with Crippen LogP contribution in [-0.2, 0) is 9.59 Å². The summed E-state index contributed by atoms with van der Waals surface area (Å²) in [7, 11) is 0. The molecule has 8 heteroatoms. The Balaban J connectivity index is 1.66. The van der Waals surface area contributed by atoms with Crippen molar-refractivity contribution in [2.24, 2.45) is 5.10 Å². The van der Waals surface area contributed by atoms with Gasteiger partial charge in [-0.3, -0.25) is 14.4 Å². The lowest BCUT2D eigenvalue weighted by atomic mass is 10.1. The van der Waals surface area contributed by atoms with Crippen LogP contribution in [0.15, 0.2) is 70.6 Å². The third-order valence-corrected chi connectivity index (χ3v) is 6.03. The molecule has 3 aromatic carbocycles. The normalized spacial score (nSPS) is 11.1. The van der Waals surface area contributed by atoms with Crippen molar-refractivity contribution in [2.75, 3.05) is 5.32 Å². The van der Waals surface area contributed by atoms with Crippen LogP contribution in [0.1, 0.15) is 27.8 Å². The Morgan fingerprint density at radius 3 is 2.28 bits per heavy atom. The topological polar surface area (TPSA) is 113 Å². The summed E-state index contributed by atoms with van der Waals surface area (Å²) in [5, 5.41) is 18.4. The van der Waals surface area contributed by atoms with Crippen LogP contribution in [0.25, 0.3) is 16.5 Å². The molecule has 36 heavy (non-hydrogen) atoms. The van der Waals surface area contributed by atoms with Gasteiger partial charge in [0.2, 0.25) is 5.88 Å². The van der Waals surface area contributed by atoms with E-state index in [1.807, 2.05) is 45.9 Å². The SMILES string of the molecule is Cc1ccc(-n2c(O)c(/C=N/NC(=O)C(=O)Nc3ccc(C)c(C)c3)c3ccccc3c2=O)c(C)c1. The lowest BCUT2D eigenvalue weighted by Gasteiger charge is -2.15. The smallest absolute Gasteiger partial charge is 0.329 e. The van der Waals surface area contributed by atoms with E-state index in [1.165, 1.54) is 10.8 Å². The van der Waals surface area contributed by atoms with E-state index in [1.54, 1.807) is 42.5 Å². The zero-order valence-electron chi connectivity index (χ0n) is 20.4. The Bertz CT molecular complexity index is 1600. The number of nitrogens with zero attached hydrogens (tertiary/aromatic N) is 2. The van der Waals surface area contributed by atoms with E-state index in [0.29, 0.717) is 22.1 Å². The molecule has 0 aliphatic heterocycles. The number of carbonyl (C=O) groups excluding carboxylic acids is 2. The minimum Gasteiger partial charge on any atom is -0.494 e. The van der Waals surface area contributed by atoms with E-state index in [-0.39, 0.29) is 17.0 Å². The molecule has 0 aliphatic carbocycles. The number of hydrogen-bond acceptors (Lipinski definition) is 5. The lowest BCUT2D eigenvalue weighted by Crippen LogP contribution is -2.32. The molecule has 3 N–H and O–H groups in total. The molecule has 2 amide bonds. The molecule has 0 aliphatic rings. The van der Waals surface area contributed by atoms with Gasteiger partial charge in [0.15, 0.2) is 0 Å². The van der Waals surface area contributed by atoms with Gasteiger partial charge in [-0.15, -0.1) is 0 Å². The monoisotopic (exact) mass is 482 g/mol. The molecular weight excluding hydrogens is 456 g/mol. The number of carbonyl (C=O) groups is 2. The summed E-state index contributed by atoms with van der Waals surface area (Å²) >= 11 is 0. The van der Waals surface area contributed by atoms with Crippen molar-refractivity contribution in [1.29, 1.82) is 0 Å². The zero-order chi connectivity index (χ0) is 26.0. The van der Waals surface area contributed by atoms with Crippen LogP contribution < -0.4 is 16.3 Å². The van der Waals surface area contributed by atoms with E-state index in [4.69, 9.17) is 0 Å². The molecule has 4 rings (SSSR count). The molecule has 0 bridgehead atoms. The minimum absolute atomic E-state index is 0.222. The molecule has 0 fully saturated rings. The second-order valence-corrected chi connectivity index (χ2v) is 8.67. The molecule has 0 atom stereocenters. The summed E-state index contributed by atoms with van der Waals surface area (Å²) in [6.45, 7) is 7.65. The quantitative estimate of drug-likeness (QED) is 0.232. The fourth-order valence-electron chi connectivity index (χ4n) is 3.98. The van der Waals surface area contributed by atoms with Crippen molar-refractivity contribution < 1.29 is 14.7 Å². The first kappa shape index (κ1) is 24.4. The summed E-state index contributed by atoms with van der Waals surface area (Å²) in [5.41, 5.74) is 6.91. The number of rotatable bonds is 4. The van der Waals surface area contributed by atoms with Gasteiger partial charge in [-0.1, -0.05) is 42.0 Å². The fraction of sp³-hybridized carbons (Fsp3) is 0.143. The molecule has 1 heterocycles. The number of aryl methyl sites for hydroxylation is 4. The molecule has 8 nitrogen and oxygen atoms in total. The Morgan fingerprint density at radius 1 is 0.861 bits per heavy atom. The van der Waals surface area contributed by atoms with Crippen LogP contribution in [0, 0.1) is 27.7 Å². The average molecular weight is 483 g/mol. The molecule has 0 saturated heterocycles. The molecule has 0 spiro atoms. The fourth-order valence-corrected chi connectivity index (χ4v) is 3.98. The standard InChI is InChI=1S/C28H26N4O4/c1-16-9-12-24(19(4)13-16)32-27(35)22-8-6-5-7-21(22)23(28(32)36)15-29-31-26(34)25(33)30-20-11-10-17(2)18(3)14-20/h5-15,36H,1-4H3,(H,30,33)(H,31,34)/b29-15+. The molecule has 0 radical (unpaired) electrons. The second kappa shape index (κ2) is 9.87. The van der Waals surface area contributed by atoms with Gasteiger partial charge >= 0.3 is 11.8 Å². The Morgan fingerprint density at radius 2 is 1.58 bits per heavy atom. The zero-order valence-corrected chi connectivity index (χ0v) is 20.4. The first-order chi connectivity index (χ1) is 17.2. The highest BCUT2D eigenvalue weighted by atomic mass is 16.3. The number of hydrazone groups is 1.